The lowest BCUT2D eigenvalue weighted by molar-refractivity contribution is -0.131. The Morgan fingerprint density at radius 2 is 0.766 bits per heavy atom. The predicted molar refractivity (Wildman–Crippen MR) is 288 cm³/mol. The molecular weight excluding hydrogens is 877 g/mol. The van der Waals surface area contributed by atoms with Crippen molar-refractivity contribution in [3.05, 3.63) is 122 Å². The minimum absolute atomic E-state index is 0.0770. The zero-order valence-electron chi connectivity index (χ0n) is 39.1. The van der Waals surface area contributed by atoms with Gasteiger partial charge in [0.2, 0.25) is 11.8 Å². The number of hydrogen-bond donors (Lipinski definition) is 6. The number of allylic oxidation sites excluding steroid dienone is 20. The summed E-state index contributed by atoms with van der Waals surface area (Å²) in [5.41, 5.74) is 5.43. The molecular formula is C51H84N4O5S4. The van der Waals surface area contributed by atoms with Gasteiger partial charge < -0.3 is 31.9 Å². The van der Waals surface area contributed by atoms with Crippen LogP contribution in [0.2, 0.25) is 0 Å². The number of carbonyl (C=O) groups excluding carboxylic acids is 3. The molecule has 0 aliphatic heterocycles. The average molecular weight is 962 g/mol. The Hall–Kier alpha value is -2.91. The molecule has 0 bridgehead atoms. The lowest BCUT2D eigenvalue weighted by Crippen LogP contribution is -2.37. The first-order valence-electron chi connectivity index (χ1n) is 23.2. The van der Waals surface area contributed by atoms with E-state index in [-0.39, 0.29) is 11.8 Å². The molecule has 7 N–H and O–H groups in total. The van der Waals surface area contributed by atoms with Crippen LogP contribution in [0.1, 0.15) is 117 Å². The summed E-state index contributed by atoms with van der Waals surface area (Å²) in [5.74, 6) is 3.05. The standard InChI is InChI=1S/C27H44N2O4S2.C24H40N2OS2/c1-2-3-4-5-6-7-8-9-10-11-12-13-14-15-16-17-18-19-26(32)28-20-22-34-35-23-21-29-27(33)25(31)24-30;1-2-3-4-5-6-7-8-9-10-11-12-13-14-15-16-17-18-19-24(27)26-21-23-29-28-22-20-25/h3-4,6-7,9-10,12-13,15-16,25,30-31H,2,5,8,11,14,17-24H2,1H3,(H,28,32)(H,29,33);3-4,6-7,9-10,12-13,15-16H,2,5,8,11,14,17-23,25H2,1H3,(H,26,27)/b2*4-3-,7-6-,10-9-,13-12-,16-15-. The van der Waals surface area contributed by atoms with Crippen LogP contribution >= 0.6 is 43.2 Å². The van der Waals surface area contributed by atoms with Crippen molar-refractivity contribution in [2.24, 2.45) is 5.73 Å². The summed E-state index contributed by atoms with van der Waals surface area (Å²) in [5, 5.41) is 26.2. The van der Waals surface area contributed by atoms with E-state index in [2.05, 4.69) is 151 Å². The first kappa shape index (κ1) is 63.2. The van der Waals surface area contributed by atoms with Gasteiger partial charge in [-0.15, -0.1) is 0 Å². The molecule has 0 aliphatic rings. The van der Waals surface area contributed by atoms with Crippen molar-refractivity contribution < 1.29 is 24.6 Å². The maximum atomic E-state index is 11.8. The van der Waals surface area contributed by atoms with Gasteiger partial charge in [-0.25, -0.2) is 0 Å². The highest BCUT2D eigenvalue weighted by atomic mass is 33.1. The molecule has 0 saturated heterocycles. The molecule has 0 aliphatic carbocycles. The van der Waals surface area contributed by atoms with Gasteiger partial charge in [-0.3, -0.25) is 14.4 Å². The number of unbranched alkanes of at least 4 members (excludes halogenated alkanes) is 2. The summed E-state index contributed by atoms with van der Waals surface area (Å²) in [6, 6.07) is 0. The molecule has 1 atom stereocenters. The number of amides is 3. The van der Waals surface area contributed by atoms with Crippen LogP contribution in [0.4, 0.5) is 0 Å². The van der Waals surface area contributed by atoms with E-state index in [9.17, 15) is 14.4 Å². The minimum atomic E-state index is -1.36. The molecule has 0 aromatic rings. The van der Waals surface area contributed by atoms with Crippen LogP contribution < -0.4 is 21.7 Å². The molecule has 362 valence electrons. The number of hydrogen-bond acceptors (Lipinski definition) is 10. The molecule has 0 aromatic heterocycles. The maximum Gasteiger partial charge on any atom is 0.251 e. The van der Waals surface area contributed by atoms with Crippen molar-refractivity contribution in [1.29, 1.82) is 0 Å². The number of rotatable bonds is 41. The van der Waals surface area contributed by atoms with E-state index in [0.717, 1.165) is 114 Å². The number of nitrogens with one attached hydrogen (secondary N) is 3. The number of nitrogens with two attached hydrogens (primary N) is 1. The first-order valence-corrected chi connectivity index (χ1v) is 28.2. The molecule has 0 radical (unpaired) electrons. The van der Waals surface area contributed by atoms with Crippen LogP contribution in [0, 0.1) is 0 Å². The minimum Gasteiger partial charge on any atom is -0.393 e. The Bertz CT molecular complexity index is 1390. The highest BCUT2D eigenvalue weighted by molar-refractivity contribution is 8.77. The predicted octanol–water partition coefficient (Wildman–Crippen LogP) is 11.2. The summed E-state index contributed by atoms with van der Waals surface area (Å²) in [6.45, 7) is 6.22. The summed E-state index contributed by atoms with van der Waals surface area (Å²) in [7, 11) is 6.74. The molecule has 0 aromatic carbocycles. The van der Waals surface area contributed by atoms with Gasteiger partial charge in [-0.1, -0.05) is 179 Å². The van der Waals surface area contributed by atoms with Gasteiger partial charge >= 0.3 is 0 Å². The van der Waals surface area contributed by atoms with Gasteiger partial charge in [0.25, 0.3) is 5.91 Å². The maximum absolute atomic E-state index is 11.8. The van der Waals surface area contributed by atoms with Gasteiger partial charge in [0.1, 0.15) is 0 Å². The van der Waals surface area contributed by atoms with Crippen LogP contribution in [0.3, 0.4) is 0 Å². The van der Waals surface area contributed by atoms with Crippen LogP contribution in [0.25, 0.3) is 0 Å². The Kier molecular flexibility index (Phi) is 55.5. The van der Waals surface area contributed by atoms with Crippen LogP contribution in [0.5, 0.6) is 0 Å². The fourth-order valence-electron chi connectivity index (χ4n) is 4.84. The van der Waals surface area contributed by atoms with E-state index >= 15 is 0 Å². The zero-order chi connectivity index (χ0) is 47.1. The van der Waals surface area contributed by atoms with Crippen molar-refractivity contribution in [2.75, 3.05) is 55.8 Å². The molecule has 0 fully saturated rings. The van der Waals surface area contributed by atoms with E-state index < -0.39 is 18.6 Å². The molecule has 0 heterocycles. The molecule has 0 spiro atoms. The second-order valence-electron chi connectivity index (χ2n) is 14.0. The Labute approximate surface area is 404 Å². The zero-order valence-corrected chi connectivity index (χ0v) is 42.4. The Morgan fingerprint density at radius 1 is 0.469 bits per heavy atom. The molecule has 3 amide bonds. The highest BCUT2D eigenvalue weighted by Gasteiger charge is 2.12. The highest BCUT2D eigenvalue weighted by Crippen LogP contribution is 2.19. The van der Waals surface area contributed by atoms with Gasteiger partial charge in [0.05, 0.1) is 6.61 Å². The molecule has 1 unspecified atom stereocenters. The monoisotopic (exact) mass is 961 g/mol. The van der Waals surface area contributed by atoms with Crippen molar-refractivity contribution in [3.63, 3.8) is 0 Å². The van der Waals surface area contributed by atoms with E-state index in [1.807, 2.05) is 0 Å². The van der Waals surface area contributed by atoms with Crippen molar-refractivity contribution in [3.8, 4) is 0 Å². The molecule has 13 heteroatoms. The second-order valence-corrected chi connectivity index (χ2v) is 19.4. The lowest BCUT2D eigenvalue weighted by Gasteiger charge is -2.08. The van der Waals surface area contributed by atoms with Gasteiger partial charge in [0.15, 0.2) is 6.10 Å². The van der Waals surface area contributed by atoms with Gasteiger partial charge in [-0.2, -0.15) is 0 Å². The van der Waals surface area contributed by atoms with Crippen molar-refractivity contribution in [1.82, 2.24) is 16.0 Å². The lowest BCUT2D eigenvalue weighted by atomic mass is 10.2. The molecule has 64 heavy (non-hydrogen) atoms. The third-order valence-electron chi connectivity index (χ3n) is 8.21. The Morgan fingerprint density at radius 3 is 1.08 bits per heavy atom. The van der Waals surface area contributed by atoms with Crippen molar-refractivity contribution >= 4 is 60.9 Å². The third-order valence-corrected chi connectivity index (χ3v) is 13.1. The number of aliphatic hydroxyl groups excluding tert-OH is 2. The fourth-order valence-corrected chi connectivity index (χ4v) is 8.42. The average Bonchev–Trinajstić information content (AvgIpc) is 3.30. The second kappa shape index (κ2) is 56.2. The molecule has 9 nitrogen and oxygen atoms in total. The molecule has 0 rings (SSSR count). The summed E-state index contributed by atoms with van der Waals surface area (Å²) in [6.07, 6.45) is 57.3. The van der Waals surface area contributed by atoms with E-state index in [4.69, 9.17) is 15.9 Å². The quantitative estimate of drug-likeness (QED) is 0.0198. The largest absolute Gasteiger partial charge is 0.393 e. The SMILES string of the molecule is CC/C=C\C/C=C\C/C=C\C/C=C\C/C=C\CCCC(=O)NCCSSCCN.CC/C=C\C/C=C\C/C=C\C/C=C\C/C=C\CCCC(=O)NCCSSCCNC(=O)C(O)CO. The van der Waals surface area contributed by atoms with Crippen LogP contribution in [-0.4, -0.2) is 89.8 Å². The smallest absolute Gasteiger partial charge is 0.251 e. The first-order chi connectivity index (χ1) is 31.4. The number of aliphatic hydroxyl groups is 2. The third kappa shape index (κ3) is 55.2. The van der Waals surface area contributed by atoms with E-state index in [0.29, 0.717) is 38.2 Å². The van der Waals surface area contributed by atoms with Crippen LogP contribution in [0.15, 0.2) is 122 Å². The van der Waals surface area contributed by atoms with E-state index in [1.54, 1.807) is 43.2 Å². The number of carbonyl (C=O) groups is 3. The summed E-state index contributed by atoms with van der Waals surface area (Å²) < 4.78 is 0. The summed E-state index contributed by atoms with van der Waals surface area (Å²) in [4.78, 5) is 34.8. The van der Waals surface area contributed by atoms with Crippen molar-refractivity contribution in [2.45, 2.75) is 123 Å². The van der Waals surface area contributed by atoms with Crippen LogP contribution in [-0.2, 0) is 14.4 Å². The Balaban J connectivity index is 0. The van der Waals surface area contributed by atoms with E-state index in [1.165, 1.54) is 0 Å². The van der Waals surface area contributed by atoms with Gasteiger partial charge in [-0.05, 0) is 89.9 Å². The summed E-state index contributed by atoms with van der Waals surface area (Å²) >= 11 is 0. The topological polar surface area (TPSA) is 154 Å². The normalized spacial score (nSPS) is 12.8. The van der Waals surface area contributed by atoms with Gasteiger partial charge in [0, 0.05) is 62.0 Å². The fraction of sp³-hybridized carbons (Fsp3) is 0.549. The molecule has 0 saturated carbocycles.